The van der Waals surface area contributed by atoms with Crippen LogP contribution in [0.25, 0.3) is 11.1 Å². The van der Waals surface area contributed by atoms with Crippen LogP contribution in [0.4, 0.5) is 4.79 Å². The zero-order valence-corrected chi connectivity index (χ0v) is 19.9. The molecule has 3 N–H and O–H groups in total. The Morgan fingerprint density at radius 1 is 1.06 bits per heavy atom. The molecule has 35 heavy (non-hydrogen) atoms. The van der Waals surface area contributed by atoms with E-state index < -0.39 is 29.6 Å². The van der Waals surface area contributed by atoms with E-state index in [-0.39, 0.29) is 38.6 Å². The standard InChI is InChI=1S/C27H32N2O6/c1-2-3-12-23(24(30)31)28-25(32)27(13-15-34-16-14-27)29-26(33)35-17-22-20-10-6-4-8-18(20)19-9-5-7-11-21(19)22/h4-11,22-23H,2-3,12-17H2,1H3,(H,28,32)(H,29,33)(H,30,31)/t23-/m0/s1. The molecule has 1 fully saturated rings. The van der Waals surface area contributed by atoms with E-state index in [1.54, 1.807) is 0 Å². The highest BCUT2D eigenvalue weighted by molar-refractivity contribution is 5.93. The van der Waals surface area contributed by atoms with Gasteiger partial charge in [0.15, 0.2) is 0 Å². The summed E-state index contributed by atoms with van der Waals surface area (Å²) < 4.78 is 11.1. The molecule has 1 aliphatic carbocycles. The number of carbonyl (C=O) groups is 3. The number of alkyl carbamates (subject to hydrolysis) is 1. The zero-order chi connectivity index (χ0) is 24.8. The minimum atomic E-state index is -1.28. The van der Waals surface area contributed by atoms with Crippen molar-refractivity contribution in [2.45, 2.75) is 56.5 Å². The zero-order valence-electron chi connectivity index (χ0n) is 19.9. The minimum Gasteiger partial charge on any atom is -0.480 e. The second-order valence-electron chi connectivity index (χ2n) is 9.15. The summed E-state index contributed by atoms with van der Waals surface area (Å²) in [7, 11) is 0. The van der Waals surface area contributed by atoms with Crippen LogP contribution >= 0.6 is 0 Å². The van der Waals surface area contributed by atoms with Gasteiger partial charge in [-0.1, -0.05) is 68.3 Å². The van der Waals surface area contributed by atoms with Crippen molar-refractivity contribution >= 4 is 18.0 Å². The van der Waals surface area contributed by atoms with Gasteiger partial charge in [-0.2, -0.15) is 0 Å². The summed E-state index contributed by atoms with van der Waals surface area (Å²) in [6.07, 6.45) is 1.59. The molecular formula is C27H32N2O6. The topological polar surface area (TPSA) is 114 Å². The maximum absolute atomic E-state index is 13.2. The summed E-state index contributed by atoms with van der Waals surface area (Å²) in [5.74, 6) is -1.70. The molecule has 1 heterocycles. The third-order valence-corrected chi connectivity index (χ3v) is 6.92. The van der Waals surface area contributed by atoms with E-state index in [1.807, 2.05) is 43.3 Å². The first kappa shape index (κ1) is 24.7. The lowest BCUT2D eigenvalue weighted by Gasteiger charge is -2.36. The molecule has 4 rings (SSSR count). The SMILES string of the molecule is CCCC[C@H](NC(=O)C1(NC(=O)OCC2c3ccccc3-c3ccccc32)CCOCC1)C(=O)O. The normalized spacial score (nSPS) is 17.1. The van der Waals surface area contributed by atoms with E-state index in [2.05, 4.69) is 22.8 Å². The molecule has 0 spiro atoms. The lowest BCUT2D eigenvalue weighted by molar-refractivity contribution is -0.144. The molecular weight excluding hydrogens is 448 g/mol. The fraction of sp³-hybridized carbons (Fsp3) is 0.444. The molecule has 0 radical (unpaired) electrons. The molecule has 8 nitrogen and oxygen atoms in total. The van der Waals surface area contributed by atoms with Crippen molar-refractivity contribution in [1.82, 2.24) is 10.6 Å². The number of hydrogen-bond acceptors (Lipinski definition) is 5. The first-order valence-corrected chi connectivity index (χ1v) is 12.2. The van der Waals surface area contributed by atoms with Gasteiger partial charge in [0.05, 0.1) is 0 Å². The maximum Gasteiger partial charge on any atom is 0.408 e. The fourth-order valence-electron chi connectivity index (χ4n) is 4.92. The van der Waals surface area contributed by atoms with Crippen LogP contribution in [0.1, 0.15) is 56.1 Å². The number of carboxylic acids is 1. The Kier molecular flexibility index (Phi) is 7.70. The molecule has 0 unspecified atom stereocenters. The molecule has 1 aliphatic heterocycles. The van der Waals surface area contributed by atoms with Gasteiger partial charge in [-0.15, -0.1) is 0 Å². The first-order valence-electron chi connectivity index (χ1n) is 12.2. The molecule has 8 heteroatoms. The average molecular weight is 481 g/mol. The van der Waals surface area contributed by atoms with E-state index in [0.717, 1.165) is 28.7 Å². The molecule has 2 aromatic rings. The van der Waals surface area contributed by atoms with Gasteiger partial charge in [0, 0.05) is 32.0 Å². The Morgan fingerprint density at radius 3 is 2.23 bits per heavy atom. The van der Waals surface area contributed by atoms with Gasteiger partial charge in [0.1, 0.15) is 18.2 Å². The van der Waals surface area contributed by atoms with Crippen LogP contribution in [0.3, 0.4) is 0 Å². The van der Waals surface area contributed by atoms with Crippen LogP contribution in [0.2, 0.25) is 0 Å². The minimum absolute atomic E-state index is 0.0990. The van der Waals surface area contributed by atoms with E-state index in [1.165, 1.54) is 0 Å². The lowest BCUT2D eigenvalue weighted by Crippen LogP contribution is -2.63. The van der Waals surface area contributed by atoms with Crippen LogP contribution in [0.5, 0.6) is 0 Å². The van der Waals surface area contributed by atoms with Crippen LogP contribution in [0, 0.1) is 0 Å². The predicted molar refractivity (Wildman–Crippen MR) is 130 cm³/mol. The van der Waals surface area contributed by atoms with E-state index >= 15 is 0 Å². The van der Waals surface area contributed by atoms with E-state index in [4.69, 9.17) is 9.47 Å². The van der Waals surface area contributed by atoms with Crippen molar-refractivity contribution in [3.63, 3.8) is 0 Å². The van der Waals surface area contributed by atoms with Crippen molar-refractivity contribution in [2.75, 3.05) is 19.8 Å². The van der Waals surface area contributed by atoms with Gasteiger partial charge < -0.3 is 25.2 Å². The molecule has 0 bridgehead atoms. The number of nitrogens with one attached hydrogen (secondary N) is 2. The number of benzene rings is 2. The molecule has 186 valence electrons. The summed E-state index contributed by atoms with van der Waals surface area (Å²) in [5.41, 5.74) is 3.18. The smallest absolute Gasteiger partial charge is 0.408 e. The Bertz CT molecular complexity index is 1030. The number of carbonyl (C=O) groups excluding carboxylic acids is 2. The monoisotopic (exact) mass is 480 g/mol. The van der Waals surface area contributed by atoms with Crippen molar-refractivity contribution in [3.05, 3.63) is 59.7 Å². The van der Waals surface area contributed by atoms with Gasteiger partial charge in [-0.05, 0) is 28.7 Å². The van der Waals surface area contributed by atoms with Gasteiger partial charge in [-0.3, -0.25) is 4.79 Å². The van der Waals surface area contributed by atoms with Crippen LogP contribution in [0.15, 0.2) is 48.5 Å². The molecule has 2 aliphatic rings. The Balaban J connectivity index is 1.45. The van der Waals surface area contributed by atoms with Crippen LogP contribution in [-0.2, 0) is 19.1 Å². The van der Waals surface area contributed by atoms with Gasteiger partial charge >= 0.3 is 12.1 Å². The second kappa shape index (κ2) is 10.9. The highest BCUT2D eigenvalue weighted by atomic mass is 16.5. The Labute approximate surface area is 205 Å². The largest absolute Gasteiger partial charge is 0.480 e. The number of amides is 2. The third kappa shape index (κ3) is 5.32. The van der Waals surface area contributed by atoms with Gasteiger partial charge in [0.2, 0.25) is 5.91 Å². The second-order valence-corrected chi connectivity index (χ2v) is 9.15. The molecule has 0 aromatic heterocycles. The van der Waals surface area contributed by atoms with Crippen LogP contribution < -0.4 is 10.6 Å². The predicted octanol–water partition coefficient (Wildman–Crippen LogP) is 3.83. The Morgan fingerprint density at radius 2 is 1.66 bits per heavy atom. The average Bonchev–Trinajstić information content (AvgIpc) is 3.19. The van der Waals surface area contributed by atoms with E-state index in [9.17, 15) is 19.5 Å². The number of rotatable bonds is 9. The van der Waals surface area contributed by atoms with Crippen LogP contribution in [-0.4, -0.2) is 54.5 Å². The van der Waals surface area contributed by atoms with Gasteiger partial charge in [0.25, 0.3) is 0 Å². The molecule has 1 saturated heterocycles. The molecule has 0 saturated carbocycles. The number of carboxylic acid groups (broad SMARTS) is 1. The van der Waals surface area contributed by atoms with Gasteiger partial charge in [-0.25, -0.2) is 9.59 Å². The molecule has 1 atom stereocenters. The highest BCUT2D eigenvalue weighted by Crippen LogP contribution is 2.44. The highest BCUT2D eigenvalue weighted by Gasteiger charge is 2.43. The van der Waals surface area contributed by atoms with Crippen molar-refractivity contribution in [2.24, 2.45) is 0 Å². The summed E-state index contributed by atoms with van der Waals surface area (Å²) in [5, 5.41) is 14.9. The summed E-state index contributed by atoms with van der Waals surface area (Å²) in [6.45, 7) is 2.65. The number of aliphatic carboxylic acids is 1. The number of unbranched alkanes of at least 4 members (excludes halogenated alkanes) is 1. The van der Waals surface area contributed by atoms with Crippen molar-refractivity contribution in [3.8, 4) is 11.1 Å². The third-order valence-electron chi connectivity index (χ3n) is 6.92. The number of ether oxygens (including phenoxy) is 2. The molecule has 2 amide bonds. The maximum atomic E-state index is 13.2. The summed E-state index contributed by atoms with van der Waals surface area (Å²) in [6, 6.07) is 15.1. The quantitative estimate of drug-likeness (QED) is 0.503. The Hall–Kier alpha value is -3.39. The fourth-order valence-corrected chi connectivity index (χ4v) is 4.92. The first-order chi connectivity index (χ1) is 16.9. The van der Waals surface area contributed by atoms with E-state index in [0.29, 0.717) is 12.8 Å². The van der Waals surface area contributed by atoms with Crippen molar-refractivity contribution in [1.29, 1.82) is 0 Å². The summed E-state index contributed by atoms with van der Waals surface area (Å²) >= 11 is 0. The van der Waals surface area contributed by atoms with Crippen molar-refractivity contribution < 1.29 is 29.0 Å². The lowest BCUT2D eigenvalue weighted by atomic mass is 9.88. The summed E-state index contributed by atoms with van der Waals surface area (Å²) in [4.78, 5) is 37.8. The number of hydrogen-bond donors (Lipinski definition) is 3. The molecule has 2 aromatic carbocycles. The number of fused-ring (bicyclic) bond motifs is 3.